The third-order valence-corrected chi connectivity index (χ3v) is 4.76. The molecule has 0 N–H and O–H groups in total. The van der Waals surface area contributed by atoms with Crippen molar-refractivity contribution in [1.82, 2.24) is 4.90 Å². The summed E-state index contributed by atoms with van der Waals surface area (Å²) < 4.78 is 15.9. The minimum absolute atomic E-state index is 0.238. The van der Waals surface area contributed by atoms with Gasteiger partial charge in [-0.2, -0.15) is 0 Å². The fourth-order valence-electron chi connectivity index (χ4n) is 2.31. The summed E-state index contributed by atoms with van der Waals surface area (Å²) in [5.74, 6) is 0.00888. The molecule has 0 saturated carbocycles. The molecule has 1 fully saturated rings. The maximum atomic E-state index is 12.5. The van der Waals surface area contributed by atoms with E-state index in [1.54, 1.807) is 31.2 Å². The molecular formula is C19H23NO6S. The minimum atomic E-state index is -0.601. The second-order valence-electron chi connectivity index (χ2n) is 5.82. The van der Waals surface area contributed by atoms with Crippen LogP contribution < -0.4 is 9.47 Å². The van der Waals surface area contributed by atoms with Crippen molar-refractivity contribution in [3.05, 3.63) is 28.7 Å². The Hall–Kier alpha value is -2.48. The van der Waals surface area contributed by atoms with E-state index in [1.165, 1.54) is 7.11 Å². The van der Waals surface area contributed by atoms with Crippen molar-refractivity contribution in [2.45, 2.75) is 33.3 Å². The molecule has 146 valence electrons. The number of nitrogens with zero attached hydrogens (tertiary/aromatic N) is 1. The van der Waals surface area contributed by atoms with E-state index < -0.39 is 17.1 Å². The van der Waals surface area contributed by atoms with Crippen molar-refractivity contribution in [1.29, 1.82) is 0 Å². The number of rotatable bonds is 8. The Morgan fingerprint density at radius 1 is 1.26 bits per heavy atom. The summed E-state index contributed by atoms with van der Waals surface area (Å²) in [6.45, 7) is 5.62. The van der Waals surface area contributed by atoms with Crippen LogP contribution in [0.15, 0.2) is 23.1 Å². The lowest BCUT2D eigenvalue weighted by molar-refractivity contribution is -0.150. The fourth-order valence-corrected chi connectivity index (χ4v) is 3.15. The van der Waals surface area contributed by atoms with Crippen LogP contribution in [0.4, 0.5) is 4.79 Å². The zero-order valence-electron chi connectivity index (χ0n) is 15.8. The van der Waals surface area contributed by atoms with Crippen molar-refractivity contribution in [3.8, 4) is 11.5 Å². The van der Waals surface area contributed by atoms with E-state index in [0.29, 0.717) is 30.1 Å². The molecule has 0 radical (unpaired) electrons. The molecule has 0 bridgehead atoms. The predicted molar refractivity (Wildman–Crippen MR) is 103 cm³/mol. The zero-order valence-corrected chi connectivity index (χ0v) is 16.6. The third kappa shape index (κ3) is 5.26. The van der Waals surface area contributed by atoms with Crippen molar-refractivity contribution >= 4 is 35.0 Å². The summed E-state index contributed by atoms with van der Waals surface area (Å²) in [6.07, 6.45) is 1.99. The van der Waals surface area contributed by atoms with Crippen LogP contribution in [0.1, 0.15) is 32.8 Å². The van der Waals surface area contributed by atoms with Crippen molar-refractivity contribution < 1.29 is 28.6 Å². The van der Waals surface area contributed by atoms with Gasteiger partial charge >= 0.3 is 5.97 Å². The van der Waals surface area contributed by atoms with Crippen LogP contribution in [0.5, 0.6) is 11.5 Å². The highest BCUT2D eigenvalue weighted by Gasteiger charge is 2.36. The van der Waals surface area contributed by atoms with E-state index in [4.69, 9.17) is 14.2 Å². The number of ether oxygens (including phenoxy) is 3. The third-order valence-electron chi connectivity index (χ3n) is 3.85. The first kappa shape index (κ1) is 20.8. The summed E-state index contributed by atoms with van der Waals surface area (Å²) in [7, 11) is 1.53. The molecule has 1 atom stereocenters. The first-order valence-electron chi connectivity index (χ1n) is 8.65. The Bertz CT molecular complexity index is 761. The summed E-state index contributed by atoms with van der Waals surface area (Å²) >= 11 is 0.790. The highest BCUT2D eigenvalue weighted by Crippen LogP contribution is 2.34. The van der Waals surface area contributed by atoms with Crippen LogP contribution in [0.2, 0.25) is 0 Å². The highest BCUT2D eigenvalue weighted by molar-refractivity contribution is 8.18. The second-order valence-corrected chi connectivity index (χ2v) is 6.81. The van der Waals surface area contributed by atoms with Gasteiger partial charge in [-0.1, -0.05) is 13.0 Å². The van der Waals surface area contributed by atoms with Crippen LogP contribution in [-0.2, 0) is 14.3 Å². The molecule has 7 nitrogen and oxygen atoms in total. The van der Waals surface area contributed by atoms with Gasteiger partial charge in [0.2, 0.25) is 0 Å². The van der Waals surface area contributed by atoms with Gasteiger partial charge in [-0.05, 0) is 55.8 Å². The number of amides is 2. The number of esters is 1. The SMILES string of the molecule is CCOc1ccc(/C=C2/SC(=O)N(CC(=O)O[C@H](C)CC)C2=O)cc1OC. The molecule has 1 aliphatic heterocycles. The van der Waals surface area contributed by atoms with Crippen LogP contribution in [0.25, 0.3) is 6.08 Å². The number of carbonyl (C=O) groups is 3. The van der Waals surface area contributed by atoms with Crippen molar-refractivity contribution in [2.24, 2.45) is 0 Å². The molecule has 2 rings (SSSR count). The number of hydrogen-bond acceptors (Lipinski definition) is 7. The van der Waals surface area contributed by atoms with E-state index in [2.05, 4.69) is 0 Å². The van der Waals surface area contributed by atoms with Crippen LogP contribution in [0, 0.1) is 0 Å². The van der Waals surface area contributed by atoms with Gasteiger partial charge in [0.25, 0.3) is 11.1 Å². The first-order chi connectivity index (χ1) is 12.9. The van der Waals surface area contributed by atoms with Gasteiger partial charge < -0.3 is 14.2 Å². The summed E-state index contributed by atoms with van der Waals surface area (Å²) in [4.78, 5) is 37.6. The van der Waals surface area contributed by atoms with E-state index in [-0.39, 0.29) is 17.6 Å². The van der Waals surface area contributed by atoms with Gasteiger partial charge in [0.15, 0.2) is 11.5 Å². The van der Waals surface area contributed by atoms with Gasteiger partial charge in [0.05, 0.1) is 24.7 Å². The van der Waals surface area contributed by atoms with Crippen molar-refractivity contribution in [3.63, 3.8) is 0 Å². The number of methoxy groups -OCH3 is 1. The molecule has 0 aliphatic carbocycles. The topological polar surface area (TPSA) is 82.1 Å². The lowest BCUT2D eigenvalue weighted by Gasteiger charge is -2.14. The maximum Gasteiger partial charge on any atom is 0.326 e. The van der Waals surface area contributed by atoms with E-state index in [1.807, 2.05) is 13.8 Å². The minimum Gasteiger partial charge on any atom is -0.493 e. The summed E-state index contributed by atoms with van der Waals surface area (Å²) in [5, 5.41) is -0.495. The Morgan fingerprint density at radius 3 is 2.63 bits per heavy atom. The Balaban J connectivity index is 2.14. The predicted octanol–water partition coefficient (Wildman–Crippen LogP) is 3.47. The number of benzene rings is 1. The molecule has 0 aromatic heterocycles. The quantitative estimate of drug-likeness (QED) is 0.494. The smallest absolute Gasteiger partial charge is 0.326 e. The molecule has 0 unspecified atom stereocenters. The number of imide groups is 1. The van der Waals surface area contributed by atoms with Gasteiger partial charge in [0.1, 0.15) is 6.54 Å². The lowest BCUT2D eigenvalue weighted by Crippen LogP contribution is -2.35. The molecule has 2 amide bonds. The number of hydrogen-bond donors (Lipinski definition) is 0. The van der Waals surface area contributed by atoms with Crippen LogP contribution >= 0.6 is 11.8 Å². The average Bonchev–Trinajstić information content (AvgIpc) is 2.90. The van der Waals surface area contributed by atoms with E-state index in [9.17, 15) is 14.4 Å². The Morgan fingerprint density at radius 2 is 2.00 bits per heavy atom. The second kappa shape index (κ2) is 9.45. The van der Waals surface area contributed by atoms with Gasteiger partial charge in [-0.15, -0.1) is 0 Å². The van der Waals surface area contributed by atoms with Gasteiger partial charge in [-0.3, -0.25) is 19.3 Å². The number of carbonyl (C=O) groups excluding carboxylic acids is 3. The number of thioether (sulfide) groups is 1. The highest BCUT2D eigenvalue weighted by atomic mass is 32.2. The Labute approximate surface area is 162 Å². The molecule has 1 aromatic rings. The molecule has 27 heavy (non-hydrogen) atoms. The summed E-state index contributed by atoms with van der Waals surface area (Å²) in [5.41, 5.74) is 0.683. The zero-order chi connectivity index (χ0) is 20.0. The van der Waals surface area contributed by atoms with Gasteiger partial charge in [-0.25, -0.2) is 0 Å². The molecular weight excluding hydrogens is 370 g/mol. The molecule has 8 heteroatoms. The standard InChI is InChI=1S/C19H23NO6S/c1-5-12(3)26-17(21)11-20-18(22)16(27-19(20)23)10-13-7-8-14(25-6-2)15(9-13)24-4/h7-10,12H,5-6,11H2,1-4H3/b16-10+/t12-/m1/s1. The van der Waals surface area contributed by atoms with Crippen LogP contribution in [-0.4, -0.2) is 48.4 Å². The molecule has 1 saturated heterocycles. The molecule has 0 spiro atoms. The normalized spacial score (nSPS) is 16.6. The largest absolute Gasteiger partial charge is 0.493 e. The van der Waals surface area contributed by atoms with Crippen molar-refractivity contribution in [2.75, 3.05) is 20.3 Å². The van der Waals surface area contributed by atoms with E-state index >= 15 is 0 Å². The molecule has 1 aliphatic rings. The summed E-state index contributed by atoms with van der Waals surface area (Å²) in [6, 6.07) is 5.22. The maximum absolute atomic E-state index is 12.5. The monoisotopic (exact) mass is 393 g/mol. The Kier molecular flexibility index (Phi) is 7.29. The first-order valence-corrected chi connectivity index (χ1v) is 9.46. The average molecular weight is 393 g/mol. The molecule has 1 aromatic carbocycles. The lowest BCUT2D eigenvalue weighted by atomic mass is 10.2. The molecule has 1 heterocycles. The van der Waals surface area contributed by atoms with Crippen LogP contribution in [0.3, 0.4) is 0 Å². The van der Waals surface area contributed by atoms with E-state index in [0.717, 1.165) is 16.7 Å². The van der Waals surface area contributed by atoms with Gasteiger partial charge in [0, 0.05) is 0 Å². The fraction of sp³-hybridized carbons (Fsp3) is 0.421.